The highest BCUT2D eigenvalue weighted by molar-refractivity contribution is 6.32. The van der Waals surface area contributed by atoms with Crippen LogP contribution in [-0.2, 0) is 19.8 Å². The number of likely N-dealkylation sites (tertiary alicyclic amines) is 1. The first kappa shape index (κ1) is 26.9. The van der Waals surface area contributed by atoms with E-state index < -0.39 is 17.6 Å². The Bertz CT molecular complexity index is 1560. The van der Waals surface area contributed by atoms with Crippen molar-refractivity contribution in [2.75, 3.05) is 18.4 Å². The van der Waals surface area contributed by atoms with E-state index in [1.165, 1.54) is 6.07 Å². The smallest absolute Gasteiger partial charge is 0.325 e. The molecule has 39 heavy (non-hydrogen) atoms. The average Bonchev–Trinajstić information content (AvgIpc) is 3.46. The number of aryl methyl sites for hydroxylation is 2. The van der Waals surface area contributed by atoms with Crippen molar-refractivity contribution in [1.29, 1.82) is 0 Å². The zero-order chi connectivity index (χ0) is 28.1. The topological polar surface area (TPSA) is 107 Å². The van der Waals surface area contributed by atoms with Gasteiger partial charge in [0.25, 0.3) is 5.91 Å². The van der Waals surface area contributed by atoms with E-state index in [1.807, 2.05) is 25.8 Å². The van der Waals surface area contributed by atoms with Gasteiger partial charge in [0.1, 0.15) is 5.69 Å². The third kappa shape index (κ3) is 5.40. The Morgan fingerprint density at radius 1 is 1.21 bits per heavy atom. The Kier molecular flexibility index (Phi) is 6.95. The Morgan fingerprint density at radius 3 is 2.59 bits per heavy atom. The molecule has 1 aliphatic heterocycles. The first-order chi connectivity index (χ1) is 18.4. The number of alkyl halides is 3. The summed E-state index contributed by atoms with van der Waals surface area (Å²) in [7, 11) is 1.83. The van der Waals surface area contributed by atoms with Crippen LogP contribution >= 0.6 is 11.6 Å². The Hall–Kier alpha value is -3.74. The molecule has 5 rings (SSSR count). The molecule has 1 aliphatic rings. The second-order valence-corrected chi connectivity index (χ2v) is 10.1. The van der Waals surface area contributed by atoms with Crippen LogP contribution in [0.2, 0.25) is 5.02 Å². The zero-order valence-electron chi connectivity index (χ0n) is 21.4. The van der Waals surface area contributed by atoms with Crippen LogP contribution in [-0.4, -0.2) is 54.7 Å². The number of aromatic nitrogens is 5. The number of amides is 1. The lowest BCUT2D eigenvalue weighted by Gasteiger charge is -2.37. The van der Waals surface area contributed by atoms with Gasteiger partial charge in [0.05, 0.1) is 28.7 Å². The maximum absolute atomic E-state index is 13.7. The molecule has 1 amide bonds. The predicted octanol–water partition coefficient (Wildman–Crippen LogP) is 4.35. The Balaban J connectivity index is 1.42. The molecule has 0 aliphatic carbocycles. The molecule has 4 aromatic rings. The van der Waals surface area contributed by atoms with Crippen molar-refractivity contribution in [2.24, 2.45) is 12.8 Å². The number of hydrogen-bond acceptors (Lipinski definition) is 6. The van der Waals surface area contributed by atoms with Gasteiger partial charge < -0.3 is 11.1 Å². The number of nitrogens with two attached hydrogens (primary N) is 1. The fourth-order valence-corrected chi connectivity index (χ4v) is 4.79. The number of anilines is 1. The SMILES string of the molecule is Cc1ccc(C(=O)Nc2cc(CN3CC(N)C3)c(Cl)c(C(F)(F)F)c2)cc1-n1cc(-c2cnn(C)c2C)nn1. The van der Waals surface area contributed by atoms with Crippen LogP contribution in [0.4, 0.5) is 18.9 Å². The summed E-state index contributed by atoms with van der Waals surface area (Å²) in [5.74, 6) is -0.577. The van der Waals surface area contributed by atoms with Crippen molar-refractivity contribution in [3.05, 3.63) is 75.7 Å². The second-order valence-electron chi connectivity index (χ2n) is 9.72. The van der Waals surface area contributed by atoms with Crippen molar-refractivity contribution >= 4 is 23.2 Å². The number of nitrogens with zero attached hydrogens (tertiary/aromatic N) is 6. The average molecular weight is 559 g/mol. The molecular weight excluding hydrogens is 533 g/mol. The number of carbonyl (C=O) groups is 1. The van der Waals surface area contributed by atoms with E-state index in [9.17, 15) is 18.0 Å². The summed E-state index contributed by atoms with van der Waals surface area (Å²) in [6.45, 7) is 5.09. The van der Waals surface area contributed by atoms with Gasteiger partial charge in [-0.3, -0.25) is 14.4 Å². The van der Waals surface area contributed by atoms with E-state index in [1.54, 1.807) is 40.0 Å². The molecule has 1 fully saturated rings. The number of benzene rings is 2. The summed E-state index contributed by atoms with van der Waals surface area (Å²) in [5, 5.41) is 14.9. The molecule has 0 bridgehead atoms. The third-order valence-electron chi connectivity index (χ3n) is 6.81. The van der Waals surface area contributed by atoms with Crippen molar-refractivity contribution in [3.8, 4) is 16.9 Å². The van der Waals surface area contributed by atoms with E-state index in [-0.39, 0.29) is 34.4 Å². The molecule has 2 aromatic carbocycles. The molecule has 0 atom stereocenters. The predicted molar refractivity (Wildman–Crippen MR) is 141 cm³/mol. The normalized spacial score (nSPS) is 14.5. The van der Waals surface area contributed by atoms with Gasteiger partial charge in [0, 0.05) is 55.2 Å². The summed E-state index contributed by atoms with van der Waals surface area (Å²) < 4.78 is 44.5. The van der Waals surface area contributed by atoms with Gasteiger partial charge in [-0.15, -0.1) is 5.10 Å². The van der Waals surface area contributed by atoms with E-state index in [0.29, 0.717) is 24.5 Å². The van der Waals surface area contributed by atoms with Gasteiger partial charge in [-0.2, -0.15) is 18.3 Å². The zero-order valence-corrected chi connectivity index (χ0v) is 22.2. The number of nitrogens with one attached hydrogen (secondary N) is 1. The highest BCUT2D eigenvalue weighted by Gasteiger charge is 2.35. The summed E-state index contributed by atoms with van der Waals surface area (Å²) in [6.07, 6.45) is -1.25. The number of rotatable bonds is 6. The molecular formula is C26H26ClF3N8O. The molecule has 2 aromatic heterocycles. The van der Waals surface area contributed by atoms with Gasteiger partial charge in [-0.1, -0.05) is 22.9 Å². The molecule has 9 nitrogen and oxygen atoms in total. The molecule has 0 unspecified atom stereocenters. The molecule has 3 heterocycles. The standard InChI is InChI=1S/C26H26ClF3N8O/c1-14-4-5-16(7-23(14)38-13-22(34-35-38)20-9-32-36(3)15(20)2)25(39)33-19-6-17(10-37-11-18(31)12-37)24(27)21(8-19)26(28,29)30/h4-9,13,18H,10-12,31H2,1-3H3,(H,33,39). The minimum absolute atomic E-state index is 0.00577. The van der Waals surface area contributed by atoms with Gasteiger partial charge >= 0.3 is 6.18 Å². The largest absolute Gasteiger partial charge is 0.417 e. The van der Waals surface area contributed by atoms with E-state index in [4.69, 9.17) is 17.3 Å². The van der Waals surface area contributed by atoms with E-state index in [2.05, 4.69) is 20.7 Å². The van der Waals surface area contributed by atoms with Gasteiger partial charge in [-0.25, -0.2) is 4.68 Å². The molecule has 0 spiro atoms. The van der Waals surface area contributed by atoms with Crippen LogP contribution < -0.4 is 11.1 Å². The lowest BCUT2D eigenvalue weighted by molar-refractivity contribution is -0.137. The number of halogens is 4. The van der Waals surface area contributed by atoms with Gasteiger partial charge in [-0.05, 0) is 49.2 Å². The third-order valence-corrected chi connectivity index (χ3v) is 7.26. The molecule has 1 saturated heterocycles. The van der Waals surface area contributed by atoms with Crippen LogP contribution in [0.1, 0.15) is 32.7 Å². The first-order valence-corrected chi connectivity index (χ1v) is 12.5. The van der Waals surface area contributed by atoms with E-state index in [0.717, 1.165) is 22.9 Å². The highest BCUT2D eigenvalue weighted by atomic mass is 35.5. The van der Waals surface area contributed by atoms with Crippen LogP contribution in [0, 0.1) is 13.8 Å². The summed E-state index contributed by atoms with van der Waals surface area (Å²) >= 11 is 6.13. The van der Waals surface area contributed by atoms with Crippen LogP contribution in [0.15, 0.2) is 42.7 Å². The molecule has 204 valence electrons. The molecule has 3 N–H and O–H groups in total. The lowest BCUT2D eigenvalue weighted by atomic mass is 10.0. The van der Waals surface area contributed by atoms with E-state index >= 15 is 0 Å². The maximum Gasteiger partial charge on any atom is 0.417 e. The number of carbonyl (C=O) groups excluding carboxylic acids is 1. The first-order valence-electron chi connectivity index (χ1n) is 12.1. The van der Waals surface area contributed by atoms with Crippen molar-refractivity contribution in [3.63, 3.8) is 0 Å². The van der Waals surface area contributed by atoms with Crippen molar-refractivity contribution < 1.29 is 18.0 Å². The molecule has 13 heteroatoms. The van der Waals surface area contributed by atoms with Crippen LogP contribution in [0.3, 0.4) is 0 Å². The quantitative estimate of drug-likeness (QED) is 0.364. The molecule has 0 saturated carbocycles. The summed E-state index contributed by atoms with van der Waals surface area (Å²) in [4.78, 5) is 15.1. The molecule has 0 radical (unpaired) electrons. The summed E-state index contributed by atoms with van der Waals surface area (Å²) in [5.41, 5.74) is 9.08. The number of hydrogen-bond donors (Lipinski definition) is 2. The second kappa shape index (κ2) is 10.1. The van der Waals surface area contributed by atoms with Crippen molar-refractivity contribution in [1.82, 2.24) is 29.7 Å². The summed E-state index contributed by atoms with van der Waals surface area (Å²) in [6, 6.07) is 7.25. The van der Waals surface area contributed by atoms with Gasteiger partial charge in [0.15, 0.2) is 0 Å². The monoisotopic (exact) mass is 558 g/mol. The highest BCUT2D eigenvalue weighted by Crippen LogP contribution is 2.39. The Labute approximate surface area is 227 Å². The fourth-order valence-electron chi connectivity index (χ4n) is 4.51. The Morgan fingerprint density at radius 2 is 1.95 bits per heavy atom. The minimum Gasteiger partial charge on any atom is -0.325 e. The van der Waals surface area contributed by atoms with Crippen LogP contribution in [0.25, 0.3) is 16.9 Å². The maximum atomic E-state index is 13.7. The minimum atomic E-state index is -4.69. The lowest BCUT2D eigenvalue weighted by Crippen LogP contribution is -2.54. The van der Waals surface area contributed by atoms with Crippen LogP contribution in [0.5, 0.6) is 0 Å². The van der Waals surface area contributed by atoms with Gasteiger partial charge in [0.2, 0.25) is 0 Å². The van der Waals surface area contributed by atoms with Crippen molar-refractivity contribution in [2.45, 2.75) is 32.6 Å². The fraction of sp³-hybridized carbons (Fsp3) is 0.308.